The lowest BCUT2D eigenvalue weighted by Crippen LogP contribution is -2.26. The number of phenols is 1. The van der Waals surface area contributed by atoms with Crippen molar-refractivity contribution >= 4 is 17.6 Å². The summed E-state index contributed by atoms with van der Waals surface area (Å²) in [5.41, 5.74) is 1.25. The van der Waals surface area contributed by atoms with E-state index in [4.69, 9.17) is 9.84 Å². The molecule has 2 rings (SSSR count). The van der Waals surface area contributed by atoms with Crippen LogP contribution in [0.2, 0.25) is 0 Å². The Balaban J connectivity index is 2.30. The van der Waals surface area contributed by atoms with E-state index in [1.54, 1.807) is 0 Å². The molecule has 6 heteroatoms. The number of hydrogen-bond acceptors (Lipinski definition) is 5. The third-order valence-corrected chi connectivity index (χ3v) is 2.49. The van der Waals surface area contributed by atoms with Crippen LogP contribution in [0.25, 0.3) is 0 Å². The predicted octanol–water partition coefficient (Wildman–Crippen LogP) is 0.739. The largest absolute Gasteiger partial charge is 0.504 e. The van der Waals surface area contributed by atoms with Gasteiger partial charge in [-0.25, -0.2) is 4.79 Å². The minimum Gasteiger partial charge on any atom is -0.504 e. The van der Waals surface area contributed by atoms with Crippen molar-refractivity contribution in [2.45, 2.75) is 19.4 Å². The number of carboxylic acid groups (broad SMARTS) is 1. The zero-order chi connectivity index (χ0) is 12.6. The number of aromatic hydroxyl groups is 1. The van der Waals surface area contributed by atoms with E-state index in [2.05, 4.69) is 5.32 Å². The Morgan fingerprint density at radius 3 is 2.76 bits per heavy atom. The number of nitrogens with one attached hydrogen (secondary N) is 1. The molecule has 0 amide bonds. The molecule has 0 fully saturated rings. The third-order valence-electron chi connectivity index (χ3n) is 2.49. The van der Waals surface area contributed by atoms with Gasteiger partial charge in [0.2, 0.25) is 0 Å². The summed E-state index contributed by atoms with van der Waals surface area (Å²) in [5, 5.41) is 21.2. The van der Waals surface area contributed by atoms with Crippen LogP contribution in [0.1, 0.15) is 12.5 Å². The molecule has 3 N–H and O–H groups in total. The minimum absolute atomic E-state index is 0.0455. The molecular formula is C11H11NO5. The number of ether oxygens (including phenoxy) is 1. The molecule has 0 saturated heterocycles. The topological polar surface area (TPSA) is 95.9 Å². The van der Waals surface area contributed by atoms with E-state index in [1.165, 1.54) is 19.1 Å². The number of hydrogen-bond donors (Lipinski definition) is 3. The van der Waals surface area contributed by atoms with Gasteiger partial charge in [-0.15, -0.1) is 0 Å². The predicted molar refractivity (Wildman–Crippen MR) is 58.2 cm³/mol. The molecule has 1 aliphatic rings. The highest BCUT2D eigenvalue weighted by Crippen LogP contribution is 2.36. The van der Waals surface area contributed by atoms with E-state index in [0.717, 1.165) is 0 Å². The first-order valence-corrected chi connectivity index (χ1v) is 5.01. The molecule has 0 spiro atoms. The standard InChI is InChI=1S/C11H11NO5/c1-5(13)17-10-3-6-2-8(11(15)16)12-7(6)4-9(10)14/h3-4,8,12,14H,2H2,1H3,(H,15,16). The highest BCUT2D eigenvalue weighted by molar-refractivity contribution is 5.82. The molecule has 6 nitrogen and oxygen atoms in total. The molecule has 1 heterocycles. The van der Waals surface area contributed by atoms with Crippen LogP contribution in [-0.4, -0.2) is 28.2 Å². The summed E-state index contributed by atoms with van der Waals surface area (Å²) in [6, 6.07) is 2.12. The number of phenolic OH excluding ortho intramolecular Hbond substituents is 1. The van der Waals surface area contributed by atoms with E-state index in [-0.39, 0.29) is 11.5 Å². The highest BCUT2D eigenvalue weighted by atomic mass is 16.5. The van der Waals surface area contributed by atoms with Crippen LogP contribution in [0.3, 0.4) is 0 Å². The molecule has 17 heavy (non-hydrogen) atoms. The normalized spacial score (nSPS) is 17.1. The highest BCUT2D eigenvalue weighted by Gasteiger charge is 2.27. The van der Waals surface area contributed by atoms with Crippen molar-refractivity contribution in [3.63, 3.8) is 0 Å². The first-order valence-electron chi connectivity index (χ1n) is 5.01. The Morgan fingerprint density at radius 2 is 2.18 bits per heavy atom. The average molecular weight is 237 g/mol. The molecule has 1 aliphatic heterocycles. The summed E-state index contributed by atoms with van der Waals surface area (Å²) >= 11 is 0. The van der Waals surface area contributed by atoms with Gasteiger partial charge in [-0.2, -0.15) is 0 Å². The molecule has 1 unspecified atom stereocenters. The first kappa shape index (κ1) is 11.3. The van der Waals surface area contributed by atoms with E-state index < -0.39 is 18.0 Å². The fraction of sp³-hybridized carbons (Fsp3) is 0.273. The van der Waals surface area contributed by atoms with Crippen LogP contribution in [-0.2, 0) is 16.0 Å². The van der Waals surface area contributed by atoms with E-state index in [0.29, 0.717) is 17.7 Å². The van der Waals surface area contributed by atoms with Crippen LogP contribution in [0, 0.1) is 0 Å². The number of carbonyl (C=O) groups is 2. The maximum Gasteiger partial charge on any atom is 0.326 e. The number of esters is 1. The second-order valence-electron chi connectivity index (χ2n) is 3.81. The van der Waals surface area contributed by atoms with Gasteiger partial charge in [0.15, 0.2) is 11.5 Å². The van der Waals surface area contributed by atoms with Crippen LogP contribution in [0.4, 0.5) is 5.69 Å². The molecular weight excluding hydrogens is 226 g/mol. The summed E-state index contributed by atoms with van der Waals surface area (Å²) in [6.07, 6.45) is 0.291. The molecule has 0 radical (unpaired) electrons. The summed E-state index contributed by atoms with van der Waals surface area (Å²) in [7, 11) is 0. The van der Waals surface area contributed by atoms with Gasteiger partial charge in [0.05, 0.1) is 0 Å². The van der Waals surface area contributed by atoms with Gasteiger partial charge in [0.1, 0.15) is 6.04 Å². The maximum atomic E-state index is 10.8. The Kier molecular flexibility index (Phi) is 2.63. The lowest BCUT2D eigenvalue weighted by atomic mass is 10.1. The van der Waals surface area contributed by atoms with Crippen molar-refractivity contribution in [2.24, 2.45) is 0 Å². The van der Waals surface area contributed by atoms with E-state index in [9.17, 15) is 14.7 Å². The zero-order valence-electron chi connectivity index (χ0n) is 9.06. The van der Waals surface area contributed by atoms with E-state index >= 15 is 0 Å². The van der Waals surface area contributed by atoms with Gasteiger partial charge < -0.3 is 20.3 Å². The number of fused-ring (bicyclic) bond motifs is 1. The SMILES string of the molecule is CC(=O)Oc1cc2c(cc1O)NC(C(=O)O)C2. The smallest absolute Gasteiger partial charge is 0.326 e. The lowest BCUT2D eigenvalue weighted by molar-refractivity contribution is -0.137. The van der Waals surface area contributed by atoms with Crippen molar-refractivity contribution in [2.75, 3.05) is 5.32 Å². The van der Waals surface area contributed by atoms with Crippen molar-refractivity contribution in [3.05, 3.63) is 17.7 Å². The van der Waals surface area contributed by atoms with Gasteiger partial charge in [0, 0.05) is 25.1 Å². The van der Waals surface area contributed by atoms with Gasteiger partial charge in [-0.1, -0.05) is 0 Å². The maximum absolute atomic E-state index is 10.8. The second-order valence-corrected chi connectivity index (χ2v) is 3.81. The number of carboxylic acids is 1. The molecule has 0 saturated carbocycles. The molecule has 0 bridgehead atoms. The van der Waals surface area contributed by atoms with Crippen molar-refractivity contribution in [1.82, 2.24) is 0 Å². The van der Waals surface area contributed by atoms with Gasteiger partial charge in [0.25, 0.3) is 0 Å². The second kappa shape index (κ2) is 3.97. The molecule has 1 atom stereocenters. The fourth-order valence-corrected chi connectivity index (χ4v) is 1.76. The van der Waals surface area contributed by atoms with Crippen molar-refractivity contribution in [3.8, 4) is 11.5 Å². The van der Waals surface area contributed by atoms with Crippen LogP contribution >= 0.6 is 0 Å². The van der Waals surface area contributed by atoms with Crippen molar-refractivity contribution < 1.29 is 24.5 Å². The Hall–Kier alpha value is -2.24. The summed E-state index contributed by atoms with van der Waals surface area (Å²) in [6.45, 7) is 1.23. The molecule has 1 aromatic rings. The minimum atomic E-state index is -0.963. The van der Waals surface area contributed by atoms with Crippen molar-refractivity contribution in [1.29, 1.82) is 0 Å². The molecule has 0 aliphatic carbocycles. The lowest BCUT2D eigenvalue weighted by Gasteiger charge is -2.07. The van der Waals surface area contributed by atoms with Crippen LogP contribution < -0.4 is 10.1 Å². The molecule has 1 aromatic carbocycles. The number of benzene rings is 1. The van der Waals surface area contributed by atoms with Crippen LogP contribution in [0.5, 0.6) is 11.5 Å². The zero-order valence-corrected chi connectivity index (χ0v) is 9.06. The van der Waals surface area contributed by atoms with Gasteiger partial charge >= 0.3 is 11.9 Å². The quantitative estimate of drug-likeness (QED) is 0.518. The number of carbonyl (C=O) groups excluding carboxylic acids is 1. The van der Waals surface area contributed by atoms with Gasteiger partial charge in [-0.3, -0.25) is 4.79 Å². The summed E-state index contributed by atoms with van der Waals surface area (Å²) in [5.74, 6) is -1.66. The Labute approximate surface area is 96.8 Å². The summed E-state index contributed by atoms with van der Waals surface area (Å²) in [4.78, 5) is 21.6. The fourth-order valence-electron chi connectivity index (χ4n) is 1.76. The molecule has 90 valence electrons. The monoisotopic (exact) mass is 237 g/mol. The van der Waals surface area contributed by atoms with Crippen LogP contribution in [0.15, 0.2) is 12.1 Å². The summed E-state index contributed by atoms with van der Waals surface area (Å²) < 4.78 is 4.80. The third kappa shape index (κ3) is 2.15. The number of rotatable bonds is 2. The Morgan fingerprint density at radius 1 is 1.47 bits per heavy atom. The average Bonchev–Trinajstić information content (AvgIpc) is 2.60. The van der Waals surface area contributed by atoms with E-state index in [1.807, 2.05) is 0 Å². The number of anilines is 1. The molecule has 0 aromatic heterocycles. The van der Waals surface area contributed by atoms with Gasteiger partial charge in [-0.05, 0) is 11.6 Å². The first-order chi connectivity index (χ1) is 7.97. The Bertz CT molecular complexity index is 497. The number of aliphatic carboxylic acids is 1.